The van der Waals surface area contributed by atoms with Crippen LogP contribution in [0.5, 0.6) is 0 Å². The van der Waals surface area contributed by atoms with E-state index in [1.54, 1.807) is 23.0 Å². The molecular formula is C20H23N5O3S. The summed E-state index contributed by atoms with van der Waals surface area (Å²) in [5.41, 5.74) is 2.43. The molecule has 0 saturated heterocycles. The lowest BCUT2D eigenvalue weighted by Crippen LogP contribution is -2.28. The van der Waals surface area contributed by atoms with Crippen LogP contribution in [-0.4, -0.2) is 42.6 Å². The molecule has 0 unspecified atom stereocenters. The van der Waals surface area contributed by atoms with Crippen LogP contribution in [-0.2, 0) is 23.1 Å². The lowest BCUT2D eigenvalue weighted by Gasteiger charge is -2.13. The Labute approximate surface area is 170 Å². The third kappa shape index (κ3) is 5.21. The maximum absolute atomic E-state index is 12.3. The number of benzene rings is 2. The molecule has 3 rings (SSSR count). The van der Waals surface area contributed by atoms with E-state index in [1.165, 1.54) is 26.2 Å². The van der Waals surface area contributed by atoms with E-state index in [1.807, 2.05) is 36.5 Å². The molecule has 9 heteroatoms. The van der Waals surface area contributed by atoms with Crippen LogP contribution in [0.25, 0.3) is 0 Å². The summed E-state index contributed by atoms with van der Waals surface area (Å²) in [6.07, 6.45) is 3.56. The molecule has 1 aromatic heterocycles. The lowest BCUT2D eigenvalue weighted by molar-refractivity contribution is 0.251. The zero-order chi connectivity index (χ0) is 20.9. The van der Waals surface area contributed by atoms with Gasteiger partial charge in [0.1, 0.15) is 0 Å². The van der Waals surface area contributed by atoms with E-state index in [2.05, 4.69) is 15.7 Å². The molecule has 8 nitrogen and oxygen atoms in total. The van der Waals surface area contributed by atoms with Gasteiger partial charge in [0.2, 0.25) is 10.0 Å². The number of carbonyl (C=O) groups excluding carboxylic acids is 1. The summed E-state index contributed by atoms with van der Waals surface area (Å²) in [6.45, 7) is 0.820. The number of aromatic nitrogens is 2. The number of anilines is 1. The van der Waals surface area contributed by atoms with E-state index < -0.39 is 10.0 Å². The van der Waals surface area contributed by atoms with Gasteiger partial charge in [0, 0.05) is 38.7 Å². The fourth-order valence-corrected chi connectivity index (χ4v) is 3.59. The van der Waals surface area contributed by atoms with Crippen LogP contribution in [0.2, 0.25) is 0 Å². The quantitative estimate of drug-likeness (QED) is 0.622. The molecule has 2 N–H and O–H groups in total. The number of rotatable bonds is 7. The van der Waals surface area contributed by atoms with Crippen LogP contribution in [0.1, 0.15) is 11.1 Å². The number of sulfonamides is 1. The Morgan fingerprint density at radius 1 is 1.07 bits per heavy atom. The number of para-hydroxylation sites is 1. The van der Waals surface area contributed by atoms with Crippen molar-refractivity contribution in [3.05, 3.63) is 78.1 Å². The third-order valence-electron chi connectivity index (χ3n) is 4.31. The molecule has 0 aliphatic carbocycles. The molecule has 0 atom stereocenters. The Balaban J connectivity index is 1.60. The maximum atomic E-state index is 12.3. The molecule has 3 aromatic rings. The Morgan fingerprint density at radius 3 is 2.45 bits per heavy atom. The first kappa shape index (κ1) is 20.6. The van der Waals surface area contributed by atoms with E-state index in [-0.39, 0.29) is 17.5 Å². The van der Waals surface area contributed by atoms with E-state index in [0.29, 0.717) is 12.2 Å². The van der Waals surface area contributed by atoms with Gasteiger partial charge in [-0.05, 0) is 35.4 Å². The first-order valence-corrected chi connectivity index (χ1v) is 10.4. The van der Waals surface area contributed by atoms with Gasteiger partial charge in [-0.3, -0.25) is 4.68 Å². The van der Waals surface area contributed by atoms with Gasteiger partial charge in [0.25, 0.3) is 0 Å². The van der Waals surface area contributed by atoms with Crippen LogP contribution in [0, 0.1) is 0 Å². The normalized spacial score (nSPS) is 11.4. The average Bonchev–Trinajstić information content (AvgIpc) is 3.21. The molecule has 2 aromatic carbocycles. The van der Waals surface area contributed by atoms with Gasteiger partial charge in [0.05, 0.1) is 11.4 Å². The molecule has 0 aliphatic rings. The Morgan fingerprint density at radius 2 is 1.79 bits per heavy atom. The zero-order valence-electron chi connectivity index (χ0n) is 16.2. The predicted octanol–water partition coefficient (Wildman–Crippen LogP) is 2.50. The summed E-state index contributed by atoms with van der Waals surface area (Å²) in [4.78, 5) is 12.5. The highest BCUT2D eigenvalue weighted by atomic mass is 32.2. The molecule has 0 saturated carbocycles. The molecule has 0 aliphatic heterocycles. The minimum Gasteiger partial charge on any atom is -0.334 e. The third-order valence-corrected chi connectivity index (χ3v) is 6.14. The number of hydrogen-bond acceptors (Lipinski definition) is 4. The standard InChI is InChI=1S/C20H23N5O3S/c1-24(2)29(27,28)18-10-8-16(9-11-18)14-21-20(26)23-19-7-4-3-6-17(19)15-25-13-5-12-22-25/h3-13H,14-15H2,1-2H3,(H2,21,23,26). The second-order valence-corrected chi connectivity index (χ2v) is 8.75. The fraction of sp³-hybridized carbons (Fsp3) is 0.200. The highest BCUT2D eigenvalue weighted by Gasteiger charge is 2.16. The topological polar surface area (TPSA) is 96.3 Å². The lowest BCUT2D eigenvalue weighted by atomic mass is 10.2. The van der Waals surface area contributed by atoms with Crippen molar-refractivity contribution in [2.45, 2.75) is 18.0 Å². The molecule has 152 valence electrons. The van der Waals surface area contributed by atoms with Gasteiger partial charge in [-0.2, -0.15) is 5.10 Å². The number of urea groups is 1. The molecule has 1 heterocycles. The number of hydrogen-bond donors (Lipinski definition) is 2. The van der Waals surface area contributed by atoms with E-state index in [0.717, 1.165) is 15.4 Å². The van der Waals surface area contributed by atoms with Crippen LogP contribution >= 0.6 is 0 Å². The summed E-state index contributed by atoms with van der Waals surface area (Å²) in [6, 6.07) is 15.5. The molecule has 2 amide bonds. The van der Waals surface area contributed by atoms with E-state index >= 15 is 0 Å². The van der Waals surface area contributed by atoms with E-state index in [9.17, 15) is 13.2 Å². The van der Waals surface area contributed by atoms with Crippen molar-refractivity contribution in [1.29, 1.82) is 0 Å². The summed E-state index contributed by atoms with van der Waals surface area (Å²) >= 11 is 0. The van der Waals surface area contributed by atoms with Crippen molar-refractivity contribution in [1.82, 2.24) is 19.4 Å². The molecule has 0 bridgehead atoms. The minimum absolute atomic E-state index is 0.211. The SMILES string of the molecule is CN(C)S(=O)(=O)c1ccc(CNC(=O)Nc2ccccc2Cn2cccn2)cc1. The Bertz CT molecular complexity index is 1060. The number of nitrogens with one attached hydrogen (secondary N) is 2. The van der Waals surface area contributed by atoms with Crippen LogP contribution in [0.3, 0.4) is 0 Å². The van der Waals surface area contributed by atoms with Gasteiger partial charge in [-0.15, -0.1) is 0 Å². The van der Waals surface area contributed by atoms with Crippen molar-refractivity contribution < 1.29 is 13.2 Å². The van der Waals surface area contributed by atoms with Crippen molar-refractivity contribution in [3.63, 3.8) is 0 Å². The smallest absolute Gasteiger partial charge is 0.319 e. The average molecular weight is 414 g/mol. The molecule has 29 heavy (non-hydrogen) atoms. The van der Waals surface area contributed by atoms with Gasteiger partial charge in [-0.25, -0.2) is 17.5 Å². The van der Waals surface area contributed by atoms with Crippen molar-refractivity contribution in [3.8, 4) is 0 Å². The molecule has 0 spiro atoms. The fourth-order valence-electron chi connectivity index (χ4n) is 2.69. The zero-order valence-corrected chi connectivity index (χ0v) is 17.1. The summed E-state index contributed by atoms with van der Waals surface area (Å²) in [5, 5.41) is 9.82. The van der Waals surface area contributed by atoms with Crippen LogP contribution in [0.4, 0.5) is 10.5 Å². The van der Waals surface area contributed by atoms with Crippen molar-refractivity contribution in [2.75, 3.05) is 19.4 Å². The van der Waals surface area contributed by atoms with Crippen LogP contribution < -0.4 is 10.6 Å². The highest BCUT2D eigenvalue weighted by Crippen LogP contribution is 2.17. The second kappa shape index (κ2) is 8.89. The molecule has 0 fully saturated rings. The maximum Gasteiger partial charge on any atom is 0.319 e. The van der Waals surface area contributed by atoms with Crippen molar-refractivity contribution >= 4 is 21.7 Å². The van der Waals surface area contributed by atoms with Crippen molar-refractivity contribution in [2.24, 2.45) is 0 Å². The van der Waals surface area contributed by atoms with Crippen LogP contribution in [0.15, 0.2) is 71.9 Å². The van der Waals surface area contributed by atoms with Gasteiger partial charge < -0.3 is 10.6 Å². The van der Waals surface area contributed by atoms with Gasteiger partial charge in [-0.1, -0.05) is 30.3 Å². The number of carbonyl (C=O) groups is 1. The largest absolute Gasteiger partial charge is 0.334 e. The summed E-state index contributed by atoms with van der Waals surface area (Å²) < 4.78 is 27.1. The monoisotopic (exact) mass is 413 g/mol. The second-order valence-electron chi connectivity index (χ2n) is 6.60. The number of amides is 2. The van der Waals surface area contributed by atoms with Gasteiger partial charge >= 0.3 is 6.03 Å². The van der Waals surface area contributed by atoms with Gasteiger partial charge in [0.15, 0.2) is 0 Å². The highest BCUT2D eigenvalue weighted by molar-refractivity contribution is 7.89. The van der Waals surface area contributed by atoms with E-state index in [4.69, 9.17) is 0 Å². The Kier molecular flexibility index (Phi) is 6.30. The first-order chi connectivity index (χ1) is 13.9. The Hall–Kier alpha value is -3.17. The number of nitrogens with zero attached hydrogens (tertiary/aromatic N) is 3. The predicted molar refractivity (Wildman–Crippen MR) is 111 cm³/mol. The minimum atomic E-state index is -3.47. The molecular weight excluding hydrogens is 390 g/mol. The summed E-state index contributed by atoms with van der Waals surface area (Å²) in [7, 11) is -0.495. The summed E-state index contributed by atoms with van der Waals surface area (Å²) in [5.74, 6) is 0. The molecule has 0 radical (unpaired) electrons. The first-order valence-electron chi connectivity index (χ1n) is 8.98.